The van der Waals surface area contributed by atoms with E-state index in [0.717, 1.165) is 53.9 Å². The second-order valence-electron chi connectivity index (χ2n) is 9.38. The van der Waals surface area contributed by atoms with Crippen LogP contribution in [0.5, 0.6) is 0 Å². The topological polar surface area (TPSA) is 78.4 Å². The first-order valence-electron chi connectivity index (χ1n) is 12.4. The van der Waals surface area contributed by atoms with Crippen LogP contribution in [0.1, 0.15) is 77.1 Å². The van der Waals surface area contributed by atoms with Gasteiger partial charge in [-0.15, -0.1) is 0 Å². The van der Waals surface area contributed by atoms with Gasteiger partial charge in [0.05, 0.1) is 5.56 Å². The molecular weight excluding hydrogens is 436 g/mol. The summed E-state index contributed by atoms with van der Waals surface area (Å²) < 4.78 is 0. The lowest BCUT2D eigenvalue weighted by molar-refractivity contribution is 0.0696. The molecule has 0 saturated carbocycles. The number of carboxylic acid groups (broad SMARTS) is 1. The molecule has 5 nitrogen and oxygen atoms in total. The predicted octanol–water partition coefficient (Wildman–Crippen LogP) is 5.94. The van der Waals surface area contributed by atoms with Crippen molar-refractivity contribution in [3.8, 4) is 0 Å². The van der Waals surface area contributed by atoms with Crippen LogP contribution in [0.4, 0.5) is 5.69 Å². The van der Waals surface area contributed by atoms with E-state index in [1.54, 1.807) is 18.2 Å². The number of hydrogen-bond acceptors (Lipinski definition) is 4. The van der Waals surface area contributed by atoms with Crippen molar-refractivity contribution >= 4 is 23.0 Å². The Morgan fingerprint density at radius 1 is 1.03 bits per heavy atom. The third-order valence-corrected chi connectivity index (χ3v) is 6.95. The van der Waals surface area contributed by atoms with Gasteiger partial charge in [0.25, 0.3) is 0 Å². The standard InChI is InChI=1S/C30H34N2O3/c1-6-31-27-15-21-8-9-22-16-28(32-7-2)18(4)13-25(22)29(24(21)12-17(27)3)26-14-20(19(5)33)10-11-23(26)30(34)35/h10-16,27,31-32H,6-9H2,1-5H3,(H,34,35). The second-order valence-corrected chi connectivity index (χ2v) is 9.38. The normalized spacial score (nSPS) is 17.1. The molecule has 182 valence electrons. The van der Waals surface area contributed by atoms with Crippen molar-refractivity contribution in [2.24, 2.45) is 0 Å². The molecule has 0 radical (unpaired) electrons. The SMILES string of the molecule is CCNc1cc2c(cc1C)C(c1cc(C(C)=O)ccc1C(=O)O)=C1C=C(C)C(NCC)C=C1CC2. The monoisotopic (exact) mass is 470 g/mol. The van der Waals surface area contributed by atoms with E-state index < -0.39 is 5.97 Å². The van der Waals surface area contributed by atoms with Gasteiger partial charge in [-0.3, -0.25) is 4.79 Å². The molecule has 2 aliphatic carbocycles. The van der Waals surface area contributed by atoms with Crippen LogP contribution >= 0.6 is 0 Å². The number of likely N-dealkylation sites (N-methyl/N-ethyl adjacent to an activating group) is 1. The molecule has 2 aromatic carbocycles. The molecule has 0 fully saturated rings. The molecule has 5 heteroatoms. The minimum absolute atomic E-state index is 0.0837. The van der Waals surface area contributed by atoms with E-state index in [1.807, 2.05) is 0 Å². The van der Waals surface area contributed by atoms with Crippen molar-refractivity contribution in [1.29, 1.82) is 0 Å². The number of anilines is 1. The van der Waals surface area contributed by atoms with Gasteiger partial charge < -0.3 is 15.7 Å². The maximum absolute atomic E-state index is 12.4. The van der Waals surface area contributed by atoms with Gasteiger partial charge in [0, 0.05) is 23.8 Å². The summed E-state index contributed by atoms with van der Waals surface area (Å²) >= 11 is 0. The highest BCUT2D eigenvalue weighted by molar-refractivity contribution is 6.03. The van der Waals surface area contributed by atoms with Crippen molar-refractivity contribution in [2.45, 2.75) is 53.5 Å². The molecule has 1 atom stereocenters. The molecule has 0 aromatic heterocycles. The number of allylic oxidation sites excluding steroid dienone is 3. The van der Waals surface area contributed by atoms with Gasteiger partial charge in [-0.05, 0) is 110 Å². The maximum Gasteiger partial charge on any atom is 0.336 e. The minimum Gasteiger partial charge on any atom is -0.478 e. The number of ketones is 1. The average molecular weight is 471 g/mol. The summed E-state index contributed by atoms with van der Waals surface area (Å²) in [6.45, 7) is 11.6. The number of fused-ring (bicyclic) bond motifs is 2. The van der Waals surface area contributed by atoms with Gasteiger partial charge >= 0.3 is 5.97 Å². The van der Waals surface area contributed by atoms with E-state index >= 15 is 0 Å². The lowest BCUT2D eigenvalue weighted by Crippen LogP contribution is -2.30. The summed E-state index contributed by atoms with van der Waals surface area (Å²) in [6, 6.07) is 9.47. The Morgan fingerprint density at radius 3 is 2.46 bits per heavy atom. The number of carbonyl (C=O) groups is 2. The van der Waals surface area contributed by atoms with Crippen LogP contribution in [0.3, 0.4) is 0 Å². The van der Waals surface area contributed by atoms with Gasteiger partial charge in [-0.2, -0.15) is 0 Å². The van der Waals surface area contributed by atoms with Crippen LogP contribution in [0, 0.1) is 6.92 Å². The lowest BCUT2D eigenvalue weighted by Gasteiger charge is -2.25. The van der Waals surface area contributed by atoms with Crippen molar-refractivity contribution in [1.82, 2.24) is 5.32 Å². The van der Waals surface area contributed by atoms with E-state index in [0.29, 0.717) is 11.1 Å². The number of hydrogen-bond donors (Lipinski definition) is 3. The molecule has 4 rings (SSSR count). The van der Waals surface area contributed by atoms with Gasteiger partial charge in [0.2, 0.25) is 0 Å². The molecule has 0 amide bonds. The zero-order valence-electron chi connectivity index (χ0n) is 21.2. The highest BCUT2D eigenvalue weighted by atomic mass is 16.4. The molecule has 2 aromatic rings. The predicted molar refractivity (Wildman–Crippen MR) is 142 cm³/mol. The molecule has 0 saturated heterocycles. The summed E-state index contributed by atoms with van der Waals surface area (Å²) in [5, 5.41) is 17.1. The van der Waals surface area contributed by atoms with Crippen LogP contribution in [0.15, 0.2) is 59.2 Å². The van der Waals surface area contributed by atoms with Gasteiger partial charge in [0.15, 0.2) is 5.78 Å². The molecule has 1 unspecified atom stereocenters. The fourth-order valence-corrected chi connectivity index (χ4v) is 5.16. The molecule has 2 aliphatic rings. The van der Waals surface area contributed by atoms with Crippen LogP contribution in [-0.2, 0) is 6.42 Å². The number of nitrogens with one attached hydrogen (secondary N) is 2. The van der Waals surface area contributed by atoms with E-state index in [1.165, 1.54) is 23.6 Å². The highest BCUT2D eigenvalue weighted by Gasteiger charge is 2.28. The molecule has 0 heterocycles. The van der Waals surface area contributed by atoms with Crippen LogP contribution in [-0.4, -0.2) is 36.0 Å². The van der Waals surface area contributed by atoms with Crippen molar-refractivity contribution in [3.63, 3.8) is 0 Å². The zero-order valence-corrected chi connectivity index (χ0v) is 21.2. The Kier molecular flexibility index (Phi) is 7.08. The van der Waals surface area contributed by atoms with Crippen LogP contribution in [0.25, 0.3) is 5.57 Å². The molecule has 35 heavy (non-hydrogen) atoms. The molecular formula is C30H34N2O3. The number of aryl methyl sites for hydroxylation is 2. The van der Waals surface area contributed by atoms with E-state index in [9.17, 15) is 14.7 Å². The molecule has 3 N–H and O–H groups in total. The van der Waals surface area contributed by atoms with E-state index in [-0.39, 0.29) is 17.4 Å². The van der Waals surface area contributed by atoms with Crippen molar-refractivity contribution in [3.05, 3.63) is 92.6 Å². The molecule has 0 spiro atoms. The first-order valence-corrected chi connectivity index (χ1v) is 12.4. The summed E-state index contributed by atoms with van der Waals surface area (Å²) in [6.07, 6.45) is 6.20. The number of carbonyl (C=O) groups excluding carboxylic acids is 1. The average Bonchev–Trinajstić information content (AvgIpc) is 2.95. The minimum atomic E-state index is -0.998. The van der Waals surface area contributed by atoms with E-state index in [2.05, 4.69) is 62.6 Å². The maximum atomic E-state index is 12.4. The third-order valence-electron chi connectivity index (χ3n) is 6.95. The van der Waals surface area contributed by atoms with Gasteiger partial charge in [-0.25, -0.2) is 4.79 Å². The van der Waals surface area contributed by atoms with Crippen LogP contribution < -0.4 is 10.6 Å². The summed E-state index contributed by atoms with van der Waals surface area (Å²) in [7, 11) is 0. The first kappa shape index (κ1) is 24.7. The van der Waals surface area contributed by atoms with Crippen LogP contribution in [0.2, 0.25) is 0 Å². The Bertz CT molecular complexity index is 1300. The van der Waals surface area contributed by atoms with Crippen molar-refractivity contribution < 1.29 is 14.7 Å². The number of Topliss-reactive ketones (excluding diaryl/α,β-unsaturated/α-hetero) is 1. The number of benzene rings is 2. The Hall–Kier alpha value is -3.44. The fourth-order valence-electron chi connectivity index (χ4n) is 5.16. The second kappa shape index (κ2) is 10.0. The Balaban J connectivity index is 2.09. The summed E-state index contributed by atoms with van der Waals surface area (Å²) in [5.41, 5.74) is 10.1. The highest BCUT2D eigenvalue weighted by Crippen LogP contribution is 2.43. The van der Waals surface area contributed by atoms with E-state index in [4.69, 9.17) is 0 Å². The van der Waals surface area contributed by atoms with Crippen molar-refractivity contribution in [2.75, 3.05) is 18.4 Å². The smallest absolute Gasteiger partial charge is 0.336 e. The number of rotatable bonds is 7. The third kappa shape index (κ3) is 4.73. The largest absolute Gasteiger partial charge is 0.478 e. The summed E-state index contributed by atoms with van der Waals surface area (Å²) in [4.78, 5) is 24.6. The zero-order chi connectivity index (χ0) is 25.3. The van der Waals surface area contributed by atoms with Gasteiger partial charge in [0.1, 0.15) is 0 Å². The number of aromatic carboxylic acids is 1. The Morgan fingerprint density at radius 2 is 1.80 bits per heavy atom. The lowest BCUT2D eigenvalue weighted by atomic mass is 9.82. The Labute approximate surface area is 207 Å². The first-order chi connectivity index (χ1) is 16.7. The summed E-state index contributed by atoms with van der Waals surface area (Å²) in [5.74, 6) is -1.08. The fraction of sp³-hybridized carbons (Fsp3) is 0.333. The molecule has 0 bridgehead atoms. The number of carboxylic acids is 1. The quantitative estimate of drug-likeness (QED) is 0.437. The molecule has 0 aliphatic heterocycles. The van der Waals surface area contributed by atoms with Gasteiger partial charge in [-0.1, -0.05) is 30.7 Å².